The summed E-state index contributed by atoms with van der Waals surface area (Å²) in [4.78, 5) is 17.1. The maximum absolute atomic E-state index is 10.7. The number of carbonyl (C=O) groups excluding carboxylic acids is 1. The summed E-state index contributed by atoms with van der Waals surface area (Å²) in [7, 11) is 0. The number of nitrogens with zero attached hydrogens (tertiary/aromatic N) is 2. The normalized spacial score (nSPS) is 15.0. The molecule has 0 atom stereocenters. The molecule has 1 aliphatic rings. The zero-order valence-corrected chi connectivity index (χ0v) is 7.94. The molecule has 1 fully saturated rings. The van der Waals surface area contributed by atoms with Crippen LogP contribution < -0.4 is 10.6 Å². The first-order valence-corrected chi connectivity index (χ1v) is 4.74. The van der Waals surface area contributed by atoms with E-state index < -0.39 is 0 Å². The Morgan fingerprint density at radius 3 is 2.93 bits per heavy atom. The largest absolute Gasteiger partial charge is 0.371 e. The lowest BCUT2D eigenvalue weighted by atomic mass is 10.1. The van der Waals surface area contributed by atoms with Crippen molar-refractivity contribution in [2.45, 2.75) is 12.8 Å². The summed E-state index contributed by atoms with van der Waals surface area (Å²) in [6.45, 7) is 2.19. The molecule has 74 valence electrons. The first kappa shape index (κ1) is 8.99. The second-order valence-electron chi connectivity index (χ2n) is 3.49. The molecule has 2 rings (SSSR count). The first-order valence-electron chi connectivity index (χ1n) is 4.74. The van der Waals surface area contributed by atoms with E-state index in [-0.39, 0.29) is 12.3 Å². The van der Waals surface area contributed by atoms with Crippen molar-refractivity contribution in [3.63, 3.8) is 0 Å². The van der Waals surface area contributed by atoms with E-state index >= 15 is 0 Å². The second-order valence-corrected chi connectivity index (χ2v) is 3.49. The van der Waals surface area contributed by atoms with E-state index in [2.05, 4.69) is 9.88 Å². The van der Waals surface area contributed by atoms with E-state index in [0.29, 0.717) is 0 Å². The van der Waals surface area contributed by atoms with Crippen LogP contribution in [-0.2, 0) is 11.2 Å². The van der Waals surface area contributed by atoms with Gasteiger partial charge in [0.2, 0.25) is 5.91 Å². The minimum absolute atomic E-state index is 0.224. The fourth-order valence-corrected chi connectivity index (χ4v) is 1.51. The fourth-order valence-electron chi connectivity index (χ4n) is 1.51. The van der Waals surface area contributed by atoms with Crippen LogP contribution in [0.3, 0.4) is 0 Å². The number of hydrogen-bond acceptors (Lipinski definition) is 3. The molecular weight excluding hydrogens is 178 g/mol. The quantitative estimate of drug-likeness (QED) is 0.748. The molecule has 1 amide bonds. The Bertz CT molecular complexity index is 347. The molecule has 0 aliphatic carbocycles. The minimum Gasteiger partial charge on any atom is -0.371 e. The standard InChI is InChI=1S/C10H13N3O/c11-10(14)7-8-6-9(2-3-12-8)13-4-1-5-13/h2-3,6H,1,4-5,7H2,(H2,11,14). The number of aromatic nitrogens is 1. The number of anilines is 1. The lowest BCUT2D eigenvalue weighted by Gasteiger charge is -2.33. The van der Waals surface area contributed by atoms with Gasteiger partial charge in [-0.15, -0.1) is 0 Å². The number of carbonyl (C=O) groups is 1. The van der Waals surface area contributed by atoms with Gasteiger partial charge in [-0.1, -0.05) is 0 Å². The van der Waals surface area contributed by atoms with Gasteiger partial charge in [0.05, 0.1) is 12.1 Å². The second kappa shape index (κ2) is 3.65. The van der Waals surface area contributed by atoms with Crippen molar-refractivity contribution in [1.29, 1.82) is 0 Å². The van der Waals surface area contributed by atoms with Gasteiger partial charge in [-0.05, 0) is 18.6 Å². The summed E-state index contributed by atoms with van der Waals surface area (Å²) in [6.07, 6.45) is 3.20. The number of pyridine rings is 1. The van der Waals surface area contributed by atoms with Gasteiger partial charge in [0, 0.05) is 25.0 Å². The Balaban J connectivity index is 2.13. The third-order valence-electron chi connectivity index (χ3n) is 2.38. The molecule has 2 N–H and O–H groups in total. The molecule has 0 saturated carbocycles. The highest BCUT2D eigenvalue weighted by atomic mass is 16.1. The van der Waals surface area contributed by atoms with Crippen LogP contribution in [0.5, 0.6) is 0 Å². The molecule has 1 saturated heterocycles. The predicted molar refractivity (Wildman–Crippen MR) is 54.0 cm³/mol. The van der Waals surface area contributed by atoms with Crippen molar-refractivity contribution in [1.82, 2.24) is 4.98 Å². The third kappa shape index (κ3) is 1.84. The predicted octanol–water partition coefficient (Wildman–Crippen LogP) is 0.319. The van der Waals surface area contributed by atoms with Crippen molar-refractivity contribution in [2.24, 2.45) is 5.73 Å². The molecule has 1 aromatic heterocycles. The Labute approximate surface area is 82.7 Å². The van der Waals surface area contributed by atoms with Crippen LogP contribution in [0.25, 0.3) is 0 Å². The van der Waals surface area contributed by atoms with Crippen LogP contribution in [0.4, 0.5) is 5.69 Å². The minimum atomic E-state index is -0.335. The maximum Gasteiger partial charge on any atom is 0.223 e. The van der Waals surface area contributed by atoms with Crippen molar-refractivity contribution in [2.75, 3.05) is 18.0 Å². The van der Waals surface area contributed by atoms with Gasteiger partial charge < -0.3 is 10.6 Å². The summed E-state index contributed by atoms with van der Waals surface area (Å²) in [6, 6.07) is 3.90. The van der Waals surface area contributed by atoms with E-state index in [4.69, 9.17) is 5.73 Å². The van der Waals surface area contributed by atoms with Crippen LogP contribution in [0.2, 0.25) is 0 Å². The molecule has 0 bridgehead atoms. The van der Waals surface area contributed by atoms with Gasteiger partial charge in [0.15, 0.2) is 0 Å². The van der Waals surface area contributed by atoms with Crippen molar-refractivity contribution in [3.8, 4) is 0 Å². The summed E-state index contributed by atoms with van der Waals surface area (Å²) in [5.41, 5.74) is 7.00. The maximum atomic E-state index is 10.7. The number of nitrogens with two attached hydrogens (primary N) is 1. The van der Waals surface area contributed by atoms with E-state index in [9.17, 15) is 4.79 Å². The van der Waals surface area contributed by atoms with Crippen LogP contribution in [-0.4, -0.2) is 24.0 Å². The van der Waals surface area contributed by atoms with E-state index in [0.717, 1.165) is 24.5 Å². The Morgan fingerprint density at radius 2 is 2.36 bits per heavy atom. The number of hydrogen-bond donors (Lipinski definition) is 1. The fraction of sp³-hybridized carbons (Fsp3) is 0.400. The summed E-state index contributed by atoms with van der Waals surface area (Å²) >= 11 is 0. The molecule has 2 heterocycles. The zero-order valence-electron chi connectivity index (χ0n) is 7.94. The SMILES string of the molecule is NC(=O)Cc1cc(N2CCC2)ccn1. The number of primary amides is 1. The molecule has 14 heavy (non-hydrogen) atoms. The van der Waals surface area contributed by atoms with Gasteiger partial charge in [-0.25, -0.2) is 0 Å². The monoisotopic (exact) mass is 191 g/mol. The lowest BCUT2D eigenvalue weighted by molar-refractivity contribution is -0.117. The molecule has 1 aromatic rings. The molecule has 0 aromatic carbocycles. The molecule has 0 spiro atoms. The Hall–Kier alpha value is -1.58. The van der Waals surface area contributed by atoms with Crippen LogP contribution in [0.1, 0.15) is 12.1 Å². The Morgan fingerprint density at radius 1 is 1.57 bits per heavy atom. The molecule has 0 unspecified atom stereocenters. The zero-order chi connectivity index (χ0) is 9.97. The summed E-state index contributed by atoms with van der Waals surface area (Å²) < 4.78 is 0. The third-order valence-corrected chi connectivity index (χ3v) is 2.38. The molecule has 4 nitrogen and oxygen atoms in total. The van der Waals surface area contributed by atoms with Crippen LogP contribution >= 0.6 is 0 Å². The summed E-state index contributed by atoms with van der Waals surface area (Å²) in [5.74, 6) is -0.335. The molecule has 4 heteroatoms. The van der Waals surface area contributed by atoms with Gasteiger partial charge in [0.25, 0.3) is 0 Å². The van der Waals surface area contributed by atoms with E-state index in [1.807, 2.05) is 12.1 Å². The highest BCUT2D eigenvalue weighted by Gasteiger charge is 2.14. The molecule has 0 radical (unpaired) electrons. The van der Waals surface area contributed by atoms with Crippen molar-refractivity contribution >= 4 is 11.6 Å². The summed E-state index contributed by atoms with van der Waals surface area (Å²) in [5, 5.41) is 0. The van der Waals surface area contributed by atoms with Gasteiger partial charge in [-0.2, -0.15) is 0 Å². The van der Waals surface area contributed by atoms with Gasteiger partial charge in [0.1, 0.15) is 0 Å². The average molecular weight is 191 g/mol. The smallest absolute Gasteiger partial charge is 0.223 e. The van der Waals surface area contributed by atoms with E-state index in [1.165, 1.54) is 6.42 Å². The topological polar surface area (TPSA) is 59.2 Å². The van der Waals surface area contributed by atoms with Crippen LogP contribution in [0, 0.1) is 0 Å². The van der Waals surface area contributed by atoms with Crippen molar-refractivity contribution in [3.05, 3.63) is 24.0 Å². The average Bonchev–Trinajstić information content (AvgIpc) is 1.99. The van der Waals surface area contributed by atoms with Crippen molar-refractivity contribution < 1.29 is 4.79 Å². The number of amides is 1. The molecule has 1 aliphatic heterocycles. The van der Waals surface area contributed by atoms with Crippen LogP contribution in [0.15, 0.2) is 18.3 Å². The van der Waals surface area contributed by atoms with E-state index in [1.54, 1.807) is 6.20 Å². The van der Waals surface area contributed by atoms with Gasteiger partial charge >= 0.3 is 0 Å². The molecular formula is C10H13N3O. The number of rotatable bonds is 3. The Kier molecular flexibility index (Phi) is 2.35. The van der Waals surface area contributed by atoms with Gasteiger partial charge in [-0.3, -0.25) is 9.78 Å². The lowest BCUT2D eigenvalue weighted by Crippen LogP contribution is -2.37. The highest BCUT2D eigenvalue weighted by Crippen LogP contribution is 2.20. The highest BCUT2D eigenvalue weighted by molar-refractivity contribution is 5.76. The first-order chi connectivity index (χ1) is 6.75.